The second-order valence-corrected chi connectivity index (χ2v) is 18.0. The number of aliphatic hydroxyl groups excluding tert-OH is 2. The largest absolute Gasteiger partial charge is 0.453 e. The van der Waals surface area contributed by atoms with Gasteiger partial charge in [-0.1, -0.05) is 34.6 Å². The maximum Gasteiger partial charge on any atom is 0.409 e. The van der Waals surface area contributed by atoms with Gasteiger partial charge in [-0.2, -0.15) is 0 Å². The van der Waals surface area contributed by atoms with Crippen molar-refractivity contribution in [2.45, 2.75) is 142 Å². The highest BCUT2D eigenvalue weighted by atomic mass is 16.7. The van der Waals surface area contributed by atoms with Gasteiger partial charge >= 0.3 is 6.09 Å². The average Bonchev–Trinajstić information content (AvgIpc) is 3.62. The van der Waals surface area contributed by atoms with Gasteiger partial charge in [-0.3, -0.25) is 0 Å². The quantitative estimate of drug-likeness (QED) is 0.407. The summed E-state index contributed by atoms with van der Waals surface area (Å²) in [7, 11) is 1.42. The number of hydrogen-bond donors (Lipinski definition) is 3. The summed E-state index contributed by atoms with van der Waals surface area (Å²) >= 11 is 0. The number of methoxy groups -OCH3 is 1. The zero-order valence-corrected chi connectivity index (χ0v) is 28.9. The summed E-state index contributed by atoms with van der Waals surface area (Å²) in [5, 5.41) is 34.0. The van der Waals surface area contributed by atoms with Crippen LogP contribution in [0.2, 0.25) is 0 Å². The molecule has 0 bridgehead atoms. The maximum absolute atomic E-state index is 12.4. The van der Waals surface area contributed by atoms with Gasteiger partial charge in [0.25, 0.3) is 0 Å². The van der Waals surface area contributed by atoms with Gasteiger partial charge in [0.1, 0.15) is 6.10 Å². The molecule has 7 fully saturated rings. The van der Waals surface area contributed by atoms with E-state index in [1.165, 1.54) is 20.0 Å². The van der Waals surface area contributed by atoms with Crippen LogP contribution in [0.15, 0.2) is 0 Å². The van der Waals surface area contributed by atoms with Crippen LogP contribution < -0.4 is 0 Å². The fourth-order valence-electron chi connectivity index (χ4n) is 13.4. The molecular formula is C36H59NO8. The van der Waals surface area contributed by atoms with Crippen molar-refractivity contribution < 1.29 is 39.1 Å². The molecule has 3 N–H and O–H groups in total. The number of nitrogens with zero attached hydrogens (tertiary/aromatic N) is 1. The van der Waals surface area contributed by atoms with Crippen LogP contribution in [0.3, 0.4) is 0 Å². The summed E-state index contributed by atoms with van der Waals surface area (Å²) in [6, 6.07) is 0. The van der Waals surface area contributed by atoms with Gasteiger partial charge in [0.05, 0.1) is 50.3 Å². The van der Waals surface area contributed by atoms with Crippen LogP contribution in [0.4, 0.5) is 4.79 Å². The number of carbonyl (C=O) groups excluding carboxylic acids is 1. The Bertz CT molecular complexity index is 1190. The molecule has 9 nitrogen and oxygen atoms in total. The standard InChI is InChI=1S/C36H59NO8/c1-20-17-21(28(38)32(4,5)41)44-27-26(20)33(6)13-14-36-19-35(36)12-11-24(45-25-18-37(15-16-43-25)30(40)42-8)31(2,3)22(35)9-10-23(36)34(33,7)29(27)39/h20-29,38-39,41H,9-19H2,1-8H3/t20-,21?,22+,23?,24?,25+,26+,27?,28?,29+,33?,34-,35?,36?/m1/s1. The van der Waals surface area contributed by atoms with Gasteiger partial charge in [0, 0.05) is 12.0 Å². The third kappa shape index (κ3) is 4.22. The minimum absolute atomic E-state index is 0.0361. The van der Waals surface area contributed by atoms with Crippen molar-refractivity contribution in [3.63, 3.8) is 0 Å². The molecular weight excluding hydrogens is 574 g/mol. The molecule has 2 aliphatic heterocycles. The number of ether oxygens (including phenoxy) is 4. The maximum atomic E-state index is 12.4. The molecule has 9 heteroatoms. The van der Waals surface area contributed by atoms with E-state index in [4.69, 9.17) is 18.9 Å². The van der Waals surface area contributed by atoms with Crippen LogP contribution in [-0.4, -0.2) is 95.5 Å². The molecule has 14 atom stereocenters. The molecule has 5 aliphatic carbocycles. The molecule has 2 saturated heterocycles. The molecule has 7 rings (SSSR count). The smallest absolute Gasteiger partial charge is 0.409 e. The van der Waals surface area contributed by atoms with E-state index < -0.39 is 30.2 Å². The van der Waals surface area contributed by atoms with Crippen molar-refractivity contribution in [3.8, 4) is 0 Å². The molecule has 1 amide bonds. The van der Waals surface area contributed by atoms with Crippen LogP contribution in [0.25, 0.3) is 0 Å². The van der Waals surface area contributed by atoms with E-state index in [0.29, 0.717) is 38.0 Å². The first-order chi connectivity index (χ1) is 21.0. The molecule has 0 aromatic heterocycles. The summed E-state index contributed by atoms with van der Waals surface area (Å²) < 4.78 is 24.3. The SMILES string of the molecule is COC(=O)N1CCO[C@@H](OC2CCC34CC35CCC3(C)[C@@H]6C(OC(C(O)C(C)(C)O)C[C@H]6C)[C@H](O)[C@@]3(C)C5CC[C@H]4C2(C)C)C1. The summed E-state index contributed by atoms with van der Waals surface area (Å²) in [6.07, 6.45) is 5.48. The highest BCUT2D eigenvalue weighted by Crippen LogP contribution is 2.89. The minimum atomic E-state index is -1.26. The Labute approximate surface area is 269 Å². The van der Waals surface area contributed by atoms with E-state index in [2.05, 4.69) is 34.6 Å². The fourth-order valence-corrected chi connectivity index (χ4v) is 13.4. The number of carbonyl (C=O) groups is 1. The predicted molar refractivity (Wildman–Crippen MR) is 167 cm³/mol. The van der Waals surface area contributed by atoms with Gasteiger partial charge in [0.2, 0.25) is 0 Å². The summed E-state index contributed by atoms with van der Waals surface area (Å²) in [6.45, 7) is 16.5. The van der Waals surface area contributed by atoms with Gasteiger partial charge in [0.15, 0.2) is 6.29 Å². The van der Waals surface area contributed by atoms with E-state index >= 15 is 0 Å². The van der Waals surface area contributed by atoms with Crippen molar-refractivity contribution in [1.29, 1.82) is 0 Å². The second-order valence-electron chi connectivity index (χ2n) is 18.0. The van der Waals surface area contributed by atoms with Gasteiger partial charge < -0.3 is 39.2 Å². The van der Waals surface area contributed by atoms with Crippen LogP contribution in [0.5, 0.6) is 0 Å². The first kappa shape index (κ1) is 32.6. The molecule has 256 valence electrons. The Balaban J connectivity index is 1.12. The Morgan fingerprint density at radius 3 is 2.42 bits per heavy atom. The molecule has 0 aromatic rings. The fraction of sp³-hybridized carbons (Fsp3) is 0.972. The van der Waals surface area contributed by atoms with Gasteiger partial charge in [-0.15, -0.1) is 0 Å². The Morgan fingerprint density at radius 2 is 1.73 bits per heavy atom. The van der Waals surface area contributed by atoms with E-state index in [-0.39, 0.29) is 57.2 Å². The number of aliphatic hydroxyl groups is 3. The topological polar surface area (TPSA) is 118 Å². The minimum Gasteiger partial charge on any atom is -0.453 e. The lowest BCUT2D eigenvalue weighted by atomic mass is 9.41. The van der Waals surface area contributed by atoms with E-state index in [1.807, 2.05) is 0 Å². The number of amides is 1. The molecule has 8 unspecified atom stereocenters. The normalized spacial score (nSPS) is 52.4. The summed E-state index contributed by atoms with van der Waals surface area (Å²) in [5.74, 6) is 1.48. The third-order valence-electron chi connectivity index (χ3n) is 15.6. The van der Waals surface area contributed by atoms with E-state index in [0.717, 1.165) is 32.1 Å². The monoisotopic (exact) mass is 633 g/mol. The average molecular weight is 634 g/mol. The molecule has 5 saturated carbocycles. The van der Waals surface area contributed by atoms with Crippen LogP contribution >= 0.6 is 0 Å². The van der Waals surface area contributed by atoms with Crippen LogP contribution in [0, 0.1) is 50.7 Å². The lowest BCUT2D eigenvalue weighted by molar-refractivity contribution is -0.246. The Morgan fingerprint density at radius 1 is 1.04 bits per heavy atom. The molecule has 45 heavy (non-hydrogen) atoms. The van der Waals surface area contributed by atoms with Crippen molar-refractivity contribution >= 4 is 6.09 Å². The first-order valence-corrected chi connectivity index (χ1v) is 17.8. The van der Waals surface area contributed by atoms with Crippen molar-refractivity contribution in [1.82, 2.24) is 4.90 Å². The highest BCUT2D eigenvalue weighted by Gasteiger charge is 2.84. The van der Waals surface area contributed by atoms with Crippen molar-refractivity contribution in [2.75, 3.05) is 26.8 Å². The molecule has 2 heterocycles. The summed E-state index contributed by atoms with van der Waals surface area (Å²) in [5.41, 5.74) is -1.11. The lowest BCUT2D eigenvalue weighted by Gasteiger charge is -2.64. The van der Waals surface area contributed by atoms with E-state index in [9.17, 15) is 20.1 Å². The second kappa shape index (κ2) is 10.3. The zero-order valence-electron chi connectivity index (χ0n) is 28.9. The summed E-state index contributed by atoms with van der Waals surface area (Å²) in [4.78, 5) is 13.9. The number of hydrogen-bond acceptors (Lipinski definition) is 8. The Hall–Kier alpha value is -0.970. The van der Waals surface area contributed by atoms with Crippen LogP contribution in [0.1, 0.15) is 99.8 Å². The lowest BCUT2D eigenvalue weighted by Crippen LogP contribution is -2.60. The number of fused-ring (bicyclic) bond motifs is 4. The van der Waals surface area contributed by atoms with Crippen molar-refractivity contribution in [2.24, 2.45) is 50.7 Å². The first-order valence-electron chi connectivity index (χ1n) is 17.8. The molecule has 2 spiro atoms. The number of morpholine rings is 1. The molecule has 7 aliphatic rings. The number of rotatable bonds is 4. The predicted octanol–water partition coefficient (Wildman–Crippen LogP) is 4.74. The van der Waals surface area contributed by atoms with E-state index in [1.54, 1.807) is 18.7 Å². The third-order valence-corrected chi connectivity index (χ3v) is 15.6. The van der Waals surface area contributed by atoms with Gasteiger partial charge in [-0.25, -0.2) is 4.79 Å². The van der Waals surface area contributed by atoms with Gasteiger partial charge in [-0.05, 0) is 111 Å². The van der Waals surface area contributed by atoms with Crippen molar-refractivity contribution in [3.05, 3.63) is 0 Å². The zero-order chi connectivity index (χ0) is 32.5. The Kier molecular flexibility index (Phi) is 7.43. The van der Waals surface area contributed by atoms with Crippen LogP contribution in [-0.2, 0) is 18.9 Å². The molecule has 0 aromatic carbocycles. The molecule has 0 radical (unpaired) electrons. The highest BCUT2D eigenvalue weighted by molar-refractivity contribution is 5.67.